The lowest BCUT2D eigenvalue weighted by Crippen LogP contribution is -2.51. The highest BCUT2D eigenvalue weighted by atomic mass is 16.2. The molecule has 128 valence electrons. The predicted molar refractivity (Wildman–Crippen MR) is 89.0 cm³/mol. The van der Waals surface area contributed by atoms with Gasteiger partial charge in [-0.2, -0.15) is 0 Å². The Morgan fingerprint density at radius 1 is 1.33 bits per heavy atom. The summed E-state index contributed by atoms with van der Waals surface area (Å²) in [6, 6.07) is 3.81. The number of aryl methyl sites for hydroxylation is 1. The highest BCUT2D eigenvalue weighted by Gasteiger charge is 2.23. The van der Waals surface area contributed by atoms with Crippen LogP contribution >= 0.6 is 0 Å². The van der Waals surface area contributed by atoms with Crippen LogP contribution in [0.5, 0.6) is 0 Å². The predicted octanol–water partition coefficient (Wildman–Crippen LogP) is 0.798. The van der Waals surface area contributed by atoms with Gasteiger partial charge in [0, 0.05) is 52.2 Å². The minimum atomic E-state index is -0.168. The summed E-state index contributed by atoms with van der Waals surface area (Å²) in [4.78, 5) is 20.7. The fraction of sp³-hybridized carbons (Fsp3) is 0.500. The number of urea groups is 1. The molecule has 8 heteroatoms. The molecular formula is C16H23N7O. The van der Waals surface area contributed by atoms with Crippen LogP contribution in [0, 0.1) is 0 Å². The summed E-state index contributed by atoms with van der Waals surface area (Å²) < 4.78 is 1.82. The van der Waals surface area contributed by atoms with E-state index in [0.29, 0.717) is 0 Å². The second-order valence-electron chi connectivity index (χ2n) is 6.10. The number of piperazine rings is 1. The van der Waals surface area contributed by atoms with Gasteiger partial charge in [-0.15, -0.1) is 10.2 Å². The molecule has 8 nitrogen and oxygen atoms in total. The molecule has 0 saturated carbocycles. The van der Waals surface area contributed by atoms with Gasteiger partial charge in [0.05, 0.1) is 6.04 Å². The molecule has 1 aliphatic rings. The minimum absolute atomic E-state index is 0.0495. The first-order valence-corrected chi connectivity index (χ1v) is 8.14. The smallest absolute Gasteiger partial charge is 0.318 e. The number of hydrogen-bond acceptors (Lipinski definition) is 5. The molecule has 0 bridgehead atoms. The number of pyridine rings is 1. The Morgan fingerprint density at radius 3 is 2.75 bits per heavy atom. The van der Waals surface area contributed by atoms with Crippen molar-refractivity contribution in [2.45, 2.75) is 19.5 Å². The van der Waals surface area contributed by atoms with E-state index >= 15 is 0 Å². The van der Waals surface area contributed by atoms with Crippen LogP contribution in [-0.4, -0.2) is 61.8 Å². The average molecular weight is 329 g/mol. The molecular weight excluding hydrogens is 306 g/mol. The van der Waals surface area contributed by atoms with Crippen molar-refractivity contribution >= 4 is 6.03 Å². The van der Waals surface area contributed by atoms with Gasteiger partial charge in [0.15, 0.2) is 5.82 Å². The molecule has 1 saturated heterocycles. The van der Waals surface area contributed by atoms with Crippen molar-refractivity contribution in [3.63, 3.8) is 0 Å². The molecule has 1 aliphatic heterocycles. The van der Waals surface area contributed by atoms with Gasteiger partial charge < -0.3 is 14.8 Å². The van der Waals surface area contributed by atoms with Crippen molar-refractivity contribution in [2.24, 2.45) is 7.05 Å². The molecule has 2 aromatic heterocycles. The molecule has 0 aliphatic carbocycles. The quantitative estimate of drug-likeness (QED) is 0.897. The van der Waals surface area contributed by atoms with Crippen molar-refractivity contribution < 1.29 is 4.79 Å². The first kappa shape index (κ1) is 16.4. The Bertz CT molecular complexity index is 664. The number of nitrogens with one attached hydrogen (secondary N) is 1. The number of carbonyl (C=O) groups excluding carboxylic acids is 1. The normalized spacial score (nSPS) is 16.8. The van der Waals surface area contributed by atoms with Gasteiger partial charge in [-0.1, -0.05) is 6.07 Å². The molecule has 0 radical (unpaired) electrons. The average Bonchev–Trinajstić information content (AvgIpc) is 3.02. The second kappa shape index (κ2) is 7.39. The topological polar surface area (TPSA) is 79.2 Å². The van der Waals surface area contributed by atoms with E-state index in [2.05, 4.69) is 31.5 Å². The Hall–Kier alpha value is -2.48. The highest BCUT2D eigenvalue weighted by Crippen LogP contribution is 2.11. The van der Waals surface area contributed by atoms with E-state index in [0.717, 1.165) is 38.5 Å². The maximum atomic E-state index is 12.4. The van der Waals surface area contributed by atoms with Gasteiger partial charge in [0.1, 0.15) is 6.33 Å². The van der Waals surface area contributed by atoms with Crippen molar-refractivity contribution in [1.29, 1.82) is 0 Å². The minimum Gasteiger partial charge on any atom is -0.328 e. The molecule has 1 atom stereocenters. The molecule has 1 fully saturated rings. The molecule has 24 heavy (non-hydrogen) atoms. The Morgan fingerprint density at radius 2 is 2.12 bits per heavy atom. The number of rotatable bonds is 4. The third kappa shape index (κ3) is 3.88. The molecule has 2 amide bonds. The van der Waals surface area contributed by atoms with E-state index in [9.17, 15) is 4.79 Å². The molecule has 2 aromatic rings. The van der Waals surface area contributed by atoms with E-state index in [1.807, 2.05) is 35.7 Å². The van der Waals surface area contributed by atoms with Crippen LogP contribution in [0.1, 0.15) is 24.4 Å². The lowest BCUT2D eigenvalue weighted by Gasteiger charge is -2.35. The summed E-state index contributed by atoms with van der Waals surface area (Å²) in [5.41, 5.74) is 1.20. The van der Waals surface area contributed by atoms with Crippen LogP contribution in [0.3, 0.4) is 0 Å². The summed E-state index contributed by atoms with van der Waals surface area (Å²) in [6.07, 6.45) is 5.31. The van der Waals surface area contributed by atoms with Crippen LogP contribution in [0.4, 0.5) is 4.79 Å². The third-order valence-electron chi connectivity index (χ3n) is 4.26. The Balaban J connectivity index is 1.47. The number of amides is 2. The second-order valence-corrected chi connectivity index (χ2v) is 6.10. The van der Waals surface area contributed by atoms with Crippen LogP contribution < -0.4 is 5.32 Å². The molecule has 1 unspecified atom stereocenters. The standard InChI is InChI=1S/C16H23N7O/c1-13(15-20-18-12-21(15)2)19-16(24)23-8-6-22(7-9-23)11-14-4-3-5-17-10-14/h3-5,10,12-13H,6-9,11H2,1-2H3,(H,19,24). The molecule has 3 rings (SSSR count). The van der Waals surface area contributed by atoms with E-state index in [-0.39, 0.29) is 12.1 Å². The van der Waals surface area contributed by atoms with Crippen LogP contribution in [0.2, 0.25) is 0 Å². The van der Waals surface area contributed by atoms with Gasteiger partial charge in [0.25, 0.3) is 0 Å². The van der Waals surface area contributed by atoms with Crippen LogP contribution in [0.15, 0.2) is 30.9 Å². The van der Waals surface area contributed by atoms with E-state index in [4.69, 9.17) is 0 Å². The summed E-state index contributed by atoms with van der Waals surface area (Å²) in [5, 5.41) is 10.9. The number of nitrogens with zero attached hydrogens (tertiary/aromatic N) is 6. The lowest BCUT2D eigenvalue weighted by molar-refractivity contribution is 0.133. The lowest BCUT2D eigenvalue weighted by atomic mass is 10.2. The zero-order valence-corrected chi connectivity index (χ0v) is 14.1. The van der Waals surface area contributed by atoms with Gasteiger partial charge in [-0.3, -0.25) is 9.88 Å². The van der Waals surface area contributed by atoms with E-state index < -0.39 is 0 Å². The van der Waals surface area contributed by atoms with Gasteiger partial charge in [-0.25, -0.2) is 4.79 Å². The van der Waals surface area contributed by atoms with Crippen molar-refractivity contribution in [3.05, 3.63) is 42.2 Å². The Kier molecular flexibility index (Phi) is 5.05. The van der Waals surface area contributed by atoms with Crippen molar-refractivity contribution in [1.82, 2.24) is 34.9 Å². The molecule has 0 spiro atoms. The molecule has 3 heterocycles. The SMILES string of the molecule is CC(NC(=O)N1CCN(Cc2cccnc2)CC1)c1nncn1C. The summed E-state index contributed by atoms with van der Waals surface area (Å²) in [7, 11) is 1.87. The van der Waals surface area contributed by atoms with E-state index in [1.165, 1.54) is 5.56 Å². The first-order chi connectivity index (χ1) is 11.6. The van der Waals surface area contributed by atoms with Crippen molar-refractivity contribution in [3.8, 4) is 0 Å². The third-order valence-corrected chi connectivity index (χ3v) is 4.26. The maximum Gasteiger partial charge on any atom is 0.318 e. The van der Waals surface area contributed by atoms with E-state index in [1.54, 1.807) is 12.5 Å². The van der Waals surface area contributed by atoms with Crippen LogP contribution in [-0.2, 0) is 13.6 Å². The Labute approximate surface area is 141 Å². The first-order valence-electron chi connectivity index (χ1n) is 8.14. The largest absolute Gasteiger partial charge is 0.328 e. The van der Waals surface area contributed by atoms with Gasteiger partial charge in [-0.05, 0) is 18.6 Å². The van der Waals surface area contributed by atoms with Gasteiger partial charge >= 0.3 is 6.03 Å². The summed E-state index contributed by atoms with van der Waals surface area (Å²) in [5.74, 6) is 0.749. The fourth-order valence-corrected chi connectivity index (χ4v) is 2.88. The molecule has 1 N–H and O–H groups in total. The summed E-state index contributed by atoms with van der Waals surface area (Å²) >= 11 is 0. The molecule has 0 aromatic carbocycles. The summed E-state index contributed by atoms with van der Waals surface area (Å²) in [6.45, 7) is 5.95. The monoisotopic (exact) mass is 329 g/mol. The number of hydrogen-bond donors (Lipinski definition) is 1. The zero-order valence-electron chi connectivity index (χ0n) is 14.1. The van der Waals surface area contributed by atoms with Crippen molar-refractivity contribution in [2.75, 3.05) is 26.2 Å². The van der Waals surface area contributed by atoms with Gasteiger partial charge in [0.2, 0.25) is 0 Å². The number of carbonyl (C=O) groups is 1. The zero-order chi connectivity index (χ0) is 16.9. The van der Waals surface area contributed by atoms with Crippen LogP contribution in [0.25, 0.3) is 0 Å². The highest BCUT2D eigenvalue weighted by molar-refractivity contribution is 5.74. The number of aromatic nitrogens is 4. The maximum absolute atomic E-state index is 12.4. The fourth-order valence-electron chi connectivity index (χ4n) is 2.88.